The Morgan fingerprint density at radius 3 is 2.16 bits per heavy atom. The predicted octanol–water partition coefficient (Wildman–Crippen LogP) is 3.86. The van der Waals surface area contributed by atoms with Crippen molar-refractivity contribution in [2.75, 3.05) is 37.9 Å². The number of rotatable bonds is 30. The molecule has 0 saturated heterocycles. The van der Waals surface area contributed by atoms with Crippen LogP contribution in [-0.2, 0) is 44.8 Å². The molecule has 23 nitrogen and oxygen atoms in total. The van der Waals surface area contributed by atoms with E-state index in [-0.39, 0.29) is 91.6 Å². The van der Waals surface area contributed by atoms with Gasteiger partial charge in [0, 0.05) is 63.0 Å². The number of carbonyl (C=O) groups is 7. The highest BCUT2D eigenvalue weighted by Gasteiger charge is 2.43. The molecule has 3 rings (SSSR count). The van der Waals surface area contributed by atoms with Crippen molar-refractivity contribution in [1.82, 2.24) is 35.9 Å². The highest BCUT2D eigenvalue weighted by molar-refractivity contribution is 6.00. The van der Waals surface area contributed by atoms with E-state index in [1.807, 2.05) is 13.8 Å². The first kappa shape index (κ1) is 62.8. The number of fused-ring (bicyclic) bond motifs is 1. The third-order valence-corrected chi connectivity index (χ3v) is 11.7. The number of ether oxygens (including phenoxy) is 2. The molecule has 2 heterocycles. The monoisotopic (exact) mass is 1070 g/mol. The second kappa shape index (κ2) is 30.1. The van der Waals surface area contributed by atoms with Gasteiger partial charge in [0.05, 0.1) is 43.3 Å². The van der Waals surface area contributed by atoms with E-state index in [1.54, 1.807) is 20.8 Å². The number of unbranched alkanes of at least 4 members (excludes halogenated alkanes) is 2. The van der Waals surface area contributed by atoms with Gasteiger partial charge >= 0.3 is 24.0 Å². The molecule has 3 aromatic rings. The third-order valence-electron chi connectivity index (χ3n) is 11.7. The highest BCUT2D eigenvalue weighted by Crippen LogP contribution is 2.27. The third kappa shape index (κ3) is 21.0. The van der Waals surface area contributed by atoms with Crippen LogP contribution >= 0.6 is 0 Å². The van der Waals surface area contributed by atoms with Crippen LogP contribution in [0, 0.1) is 11.8 Å². The number of hydrogen-bond donors (Lipinski definition) is 7. The van der Waals surface area contributed by atoms with Crippen LogP contribution in [0.1, 0.15) is 134 Å². The fourth-order valence-electron chi connectivity index (χ4n) is 7.68. The molecular weight excluding hydrogens is 1000 g/mol. The fraction of sp³-hybridized carbons (Fsp3) is 0.580. The van der Waals surface area contributed by atoms with Crippen LogP contribution in [0.3, 0.4) is 0 Å². The Morgan fingerprint density at radius 1 is 0.855 bits per heavy atom. The fourth-order valence-corrected chi connectivity index (χ4v) is 7.68. The van der Waals surface area contributed by atoms with Gasteiger partial charge in [0.2, 0.25) is 11.9 Å². The number of halogens is 3. The van der Waals surface area contributed by atoms with Crippen molar-refractivity contribution < 1.29 is 56.2 Å². The number of amides is 3. The molecule has 76 heavy (non-hydrogen) atoms. The lowest BCUT2D eigenvalue weighted by Crippen LogP contribution is -2.45. The number of nitrogen functional groups attached to an aromatic ring is 1. The quantitative estimate of drug-likeness (QED) is 0.0216. The van der Waals surface area contributed by atoms with Gasteiger partial charge in [-0.3, -0.25) is 53.4 Å². The number of aliphatic imine (C=N–C) groups is 2. The minimum absolute atomic E-state index is 0.137. The molecule has 3 amide bonds. The Balaban J connectivity index is 1.88. The van der Waals surface area contributed by atoms with E-state index in [1.165, 1.54) is 14.2 Å². The van der Waals surface area contributed by atoms with Gasteiger partial charge in [0.15, 0.2) is 22.9 Å². The van der Waals surface area contributed by atoms with Crippen molar-refractivity contribution >= 4 is 75.8 Å². The van der Waals surface area contributed by atoms with E-state index in [0.29, 0.717) is 42.8 Å². The second-order valence-electron chi connectivity index (χ2n) is 19.0. The normalized spacial score (nSPS) is 13.7. The number of methoxy groups -OCH3 is 1. The Morgan fingerprint density at radius 2 is 1.54 bits per heavy atom. The lowest BCUT2D eigenvalue weighted by atomic mass is 9.90. The molecule has 0 fully saturated rings. The molecule has 2 aromatic heterocycles. The van der Waals surface area contributed by atoms with Gasteiger partial charge in [0.25, 0.3) is 11.5 Å². The average molecular weight is 1070 g/mol. The maximum absolute atomic E-state index is 14.2. The minimum atomic E-state index is -5.36. The number of anilines is 2. The first-order chi connectivity index (χ1) is 35.8. The Kier molecular flexibility index (Phi) is 24.9. The number of esters is 2. The minimum Gasteiger partial charge on any atom is -0.469 e. The number of amidine groups is 1. The molecule has 0 aliphatic carbocycles. The van der Waals surface area contributed by atoms with E-state index in [2.05, 4.69) is 45.9 Å². The van der Waals surface area contributed by atoms with Gasteiger partial charge in [-0.2, -0.15) is 18.2 Å². The molecule has 0 spiro atoms. The molecule has 0 radical (unpaired) electrons. The number of H-pyrrole nitrogens is 1. The summed E-state index contributed by atoms with van der Waals surface area (Å²) in [6.07, 6.45) is -1.22. The van der Waals surface area contributed by atoms with Gasteiger partial charge in [-0.15, -0.1) is 0 Å². The molecule has 0 aliphatic rings. The largest absolute Gasteiger partial charge is 0.471 e. The smallest absolute Gasteiger partial charge is 0.469 e. The van der Waals surface area contributed by atoms with Gasteiger partial charge in [-0.05, 0) is 83.6 Å². The average Bonchev–Trinajstić information content (AvgIpc) is 3.36. The molecule has 10 N–H and O–H groups in total. The molecule has 0 unspecified atom stereocenters. The predicted molar refractivity (Wildman–Crippen MR) is 278 cm³/mol. The summed E-state index contributed by atoms with van der Waals surface area (Å²) in [4.78, 5) is 130. The van der Waals surface area contributed by atoms with Gasteiger partial charge in [-0.25, -0.2) is 14.8 Å². The highest BCUT2D eigenvalue weighted by atomic mass is 19.4. The summed E-state index contributed by atoms with van der Waals surface area (Å²) in [6, 6.07) is 1.82. The summed E-state index contributed by atoms with van der Waals surface area (Å²) in [6.45, 7) is 8.34. The Bertz CT molecular complexity index is 2600. The first-order valence-corrected chi connectivity index (χ1v) is 25.0. The number of guanidine groups is 1. The lowest BCUT2D eigenvalue weighted by molar-refractivity contribution is -0.170. The van der Waals surface area contributed by atoms with Crippen molar-refractivity contribution in [3.63, 3.8) is 0 Å². The van der Waals surface area contributed by atoms with E-state index in [0.717, 1.165) is 43.3 Å². The zero-order valence-electron chi connectivity index (χ0n) is 44.1. The van der Waals surface area contributed by atoms with Crippen molar-refractivity contribution in [3.05, 3.63) is 52.1 Å². The standard InChI is InChI=1S/C50H72F3N13O10/c1-8-10-11-14-31(44(72)75-7)26-37(68)35(16-13-23-58-38(54)9-2)62-42(70)30(15-12-24-59-47(55)57-6)25-34(67)21-22-36(45(73)76-49(3,4)5)63-41(69)29-17-19-33(20-18-29)66(46(74)50(51,52)53)28-32-27-60-40-39(61-32)43(71)65-48(56)64-40/h17-20,27,30-31,35-36H,8-16,21-26,28H2,1-7H3,(H2,54,58)(H,62,70)(H,63,69)(H3,55,57,59)(H3,56,60,64,65,71)/t30-,31-,35+,36+/m1/s1. The maximum atomic E-state index is 14.2. The van der Waals surface area contributed by atoms with Crippen molar-refractivity contribution in [1.29, 1.82) is 0 Å². The Labute approximate surface area is 438 Å². The molecule has 4 atom stereocenters. The molecule has 1 aromatic carbocycles. The van der Waals surface area contributed by atoms with Crippen LogP contribution in [0.2, 0.25) is 0 Å². The van der Waals surface area contributed by atoms with Crippen LogP contribution in [-0.4, -0.2) is 124 Å². The summed E-state index contributed by atoms with van der Waals surface area (Å²) >= 11 is 0. The number of nitrogens with zero attached hydrogens (tertiary/aromatic N) is 6. The number of carbonyl (C=O) groups excluding carboxylic acids is 7. The summed E-state index contributed by atoms with van der Waals surface area (Å²) in [5, 5.41) is 8.28. The first-order valence-electron chi connectivity index (χ1n) is 25.0. The van der Waals surface area contributed by atoms with Crippen molar-refractivity contribution in [2.24, 2.45) is 33.3 Å². The number of nitrogens with two attached hydrogens (primary N) is 3. The number of aromatic amines is 1. The molecular formula is C50H72F3N13O10. The number of aromatic nitrogens is 4. The molecule has 26 heteroatoms. The summed E-state index contributed by atoms with van der Waals surface area (Å²) < 4.78 is 52.3. The summed E-state index contributed by atoms with van der Waals surface area (Å²) in [5.41, 5.74) is 14.1. The van der Waals surface area contributed by atoms with Gasteiger partial charge in [-0.1, -0.05) is 33.1 Å². The number of hydrogen-bond acceptors (Lipinski definition) is 16. The summed E-state index contributed by atoms with van der Waals surface area (Å²) in [5.74, 6) is -7.58. The zero-order chi connectivity index (χ0) is 56.8. The van der Waals surface area contributed by atoms with Crippen molar-refractivity contribution in [2.45, 2.75) is 148 Å². The number of alkyl halides is 3. The van der Waals surface area contributed by atoms with Gasteiger partial charge in [0.1, 0.15) is 17.4 Å². The topological polar surface area (TPSA) is 352 Å². The van der Waals surface area contributed by atoms with Crippen LogP contribution < -0.4 is 43.6 Å². The van der Waals surface area contributed by atoms with E-state index < -0.39 is 89.0 Å². The maximum Gasteiger partial charge on any atom is 0.471 e. The molecule has 0 aliphatic heterocycles. The zero-order valence-corrected chi connectivity index (χ0v) is 44.1. The number of benzene rings is 1. The van der Waals surface area contributed by atoms with Crippen LogP contribution in [0.5, 0.6) is 0 Å². The van der Waals surface area contributed by atoms with Crippen LogP contribution in [0.4, 0.5) is 24.8 Å². The number of ketones is 2. The lowest BCUT2D eigenvalue weighted by Gasteiger charge is -2.25. The number of Topliss-reactive ketones (excluding diaryl/α,β-unsaturated/α-hetero) is 2. The van der Waals surface area contributed by atoms with Crippen LogP contribution in [0.25, 0.3) is 11.2 Å². The van der Waals surface area contributed by atoms with Crippen LogP contribution in [0.15, 0.2) is 45.2 Å². The number of nitrogens with one attached hydrogen (secondary N) is 4. The summed E-state index contributed by atoms with van der Waals surface area (Å²) in [7, 11) is 2.73. The molecule has 0 bridgehead atoms. The van der Waals surface area contributed by atoms with E-state index in [4.69, 9.17) is 26.7 Å². The van der Waals surface area contributed by atoms with E-state index >= 15 is 0 Å². The van der Waals surface area contributed by atoms with Crippen molar-refractivity contribution in [3.8, 4) is 0 Å². The van der Waals surface area contributed by atoms with Gasteiger partial charge < -0.3 is 42.6 Å². The molecule has 0 saturated carbocycles. The molecule has 418 valence electrons. The van der Waals surface area contributed by atoms with E-state index in [9.17, 15) is 51.5 Å². The second-order valence-corrected chi connectivity index (χ2v) is 19.0. The Hall–Kier alpha value is -7.54. The SMILES string of the molecule is CCCCC[C@H](CC(=O)[C@H](CCCN=C(N)CC)NC(=O)[C@H](CCCNC(N)=NC)CC(=O)CC[C@H](NC(=O)c1ccc(N(Cc2cnc3nc(N)[nH]c(=O)c3n2)C(=O)C(F)(F)F)cc1)C(=O)OC(C)(C)C)C(=O)OC.